The molecular formula is C22H13N3O6S. The highest BCUT2D eigenvalue weighted by Gasteiger charge is 2.46. The van der Waals surface area contributed by atoms with E-state index in [-0.39, 0.29) is 22.2 Å². The molecule has 2 aromatic heterocycles. The molecule has 0 spiro atoms. The van der Waals surface area contributed by atoms with Crippen molar-refractivity contribution in [2.75, 3.05) is 4.90 Å². The SMILES string of the molecule is O=C(C1=C(O)C(=O)N(c2nccs2)C1c1ccc([N+](=O)[O-])cc1)c1cc2ccccc2o1. The summed E-state index contributed by atoms with van der Waals surface area (Å²) in [4.78, 5) is 42.3. The normalized spacial score (nSPS) is 16.2. The van der Waals surface area contributed by atoms with Gasteiger partial charge in [-0.3, -0.25) is 24.6 Å². The lowest BCUT2D eigenvalue weighted by atomic mass is 9.95. The number of hydrogen-bond acceptors (Lipinski definition) is 8. The summed E-state index contributed by atoms with van der Waals surface area (Å²) in [5, 5.41) is 24.4. The molecule has 3 heterocycles. The molecule has 1 atom stereocenters. The van der Waals surface area contributed by atoms with E-state index in [1.54, 1.807) is 35.7 Å². The number of benzene rings is 2. The van der Waals surface area contributed by atoms with Crippen molar-refractivity contribution in [3.05, 3.63) is 98.9 Å². The fourth-order valence-corrected chi connectivity index (χ4v) is 4.36. The van der Waals surface area contributed by atoms with Crippen LogP contribution in [0.15, 0.2) is 81.9 Å². The van der Waals surface area contributed by atoms with Crippen LogP contribution in [0.1, 0.15) is 22.2 Å². The standard InChI is InChI=1S/C22H13N3O6S/c26-19(16-11-13-3-1-2-4-15(13)31-16)17-18(12-5-7-14(8-6-12)25(29)30)24(21(28)20(17)27)22-23-9-10-32-22/h1-11,18,27H. The van der Waals surface area contributed by atoms with Crippen molar-refractivity contribution in [2.24, 2.45) is 0 Å². The fourth-order valence-electron chi connectivity index (χ4n) is 3.69. The van der Waals surface area contributed by atoms with Gasteiger partial charge in [-0.2, -0.15) is 0 Å². The number of carbonyl (C=O) groups excluding carboxylic acids is 2. The summed E-state index contributed by atoms with van der Waals surface area (Å²) >= 11 is 1.16. The molecule has 1 amide bonds. The van der Waals surface area contributed by atoms with Crippen molar-refractivity contribution in [2.45, 2.75) is 6.04 Å². The Labute approximate surface area is 184 Å². The lowest BCUT2D eigenvalue weighted by molar-refractivity contribution is -0.384. The quantitative estimate of drug-likeness (QED) is 0.269. The van der Waals surface area contributed by atoms with Crippen molar-refractivity contribution in [3.8, 4) is 0 Å². The number of nitro benzene ring substituents is 1. The van der Waals surface area contributed by atoms with E-state index in [0.717, 1.165) is 11.3 Å². The van der Waals surface area contributed by atoms with Crippen LogP contribution in [-0.2, 0) is 4.79 Å². The summed E-state index contributed by atoms with van der Waals surface area (Å²) < 4.78 is 5.66. The Bertz CT molecular complexity index is 1370. The first-order valence-electron chi connectivity index (χ1n) is 9.39. The van der Waals surface area contributed by atoms with Crippen LogP contribution in [-0.4, -0.2) is 26.7 Å². The summed E-state index contributed by atoms with van der Waals surface area (Å²) in [5.74, 6) is -2.19. The maximum atomic E-state index is 13.4. The molecule has 0 aliphatic carbocycles. The topological polar surface area (TPSA) is 127 Å². The summed E-state index contributed by atoms with van der Waals surface area (Å²) in [7, 11) is 0. The van der Waals surface area contributed by atoms with Crippen molar-refractivity contribution in [1.82, 2.24) is 4.98 Å². The first-order valence-corrected chi connectivity index (χ1v) is 10.3. The van der Waals surface area contributed by atoms with Crippen LogP contribution >= 0.6 is 11.3 Å². The molecule has 0 saturated heterocycles. The largest absolute Gasteiger partial charge is 0.503 e. The second-order valence-corrected chi connectivity index (χ2v) is 7.85. The number of para-hydroxylation sites is 1. The second-order valence-electron chi connectivity index (χ2n) is 6.98. The molecule has 4 aromatic rings. The number of carbonyl (C=O) groups is 2. The summed E-state index contributed by atoms with van der Waals surface area (Å²) in [6.07, 6.45) is 1.50. The molecule has 1 N–H and O–H groups in total. The number of thiazole rings is 1. The monoisotopic (exact) mass is 447 g/mol. The van der Waals surface area contributed by atoms with Crippen molar-refractivity contribution >= 4 is 44.8 Å². The smallest absolute Gasteiger partial charge is 0.296 e. The van der Waals surface area contributed by atoms with Crippen molar-refractivity contribution < 1.29 is 24.0 Å². The van der Waals surface area contributed by atoms with Gasteiger partial charge in [0.05, 0.1) is 16.5 Å². The van der Waals surface area contributed by atoms with E-state index >= 15 is 0 Å². The van der Waals surface area contributed by atoms with E-state index in [2.05, 4.69) is 4.98 Å². The lowest BCUT2D eigenvalue weighted by Gasteiger charge is -2.24. The van der Waals surface area contributed by atoms with Crippen LogP contribution in [0.4, 0.5) is 10.8 Å². The number of hydrogen-bond donors (Lipinski definition) is 1. The highest BCUT2D eigenvalue weighted by molar-refractivity contribution is 7.13. The maximum Gasteiger partial charge on any atom is 0.296 e. The molecule has 158 valence electrons. The number of ketones is 1. The number of aliphatic hydroxyl groups is 1. The molecule has 0 fully saturated rings. The van der Waals surface area contributed by atoms with Gasteiger partial charge >= 0.3 is 0 Å². The van der Waals surface area contributed by atoms with E-state index in [1.165, 1.54) is 35.4 Å². The first-order chi connectivity index (χ1) is 15.5. The summed E-state index contributed by atoms with van der Waals surface area (Å²) in [5.41, 5.74) is 0.571. The predicted molar refractivity (Wildman–Crippen MR) is 116 cm³/mol. The number of aliphatic hydroxyl groups excluding tert-OH is 1. The molecule has 10 heteroatoms. The van der Waals surface area contributed by atoms with Crippen molar-refractivity contribution in [1.29, 1.82) is 0 Å². The van der Waals surface area contributed by atoms with Gasteiger partial charge in [0.25, 0.3) is 11.6 Å². The molecular weight excluding hydrogens is 434 g/mol. The number of nitrogens with zero attached hydrogens (tertiary/aromatic N) is 3. The molecule has 1 unspecified atom stereocenters. The Morgan fingerprint density at radius 1 is 1.19 bits per heavy atom. The van der Waals surface area contributed by atoms with E-state index in [4.69, 9.17) is 4.42 Å². The lowest BCUT2D eigenvalue weighted by Crippen LogP contribution is -2.30. The maximum absolute atomic E-state index is 13.4. The van der Waals surface area contributed by atoms with E-state index < -0.39 is 28.4 Å². The third kappa shape index (κ3) is 3.05. The van der Waals surface area contributed by atoms with Gasteiger partial charge in [0.2, 0.25) is 5.78 Å². The highest BCUT2D eigenvalue weighted by Crippen LogP contribution is 2.43. The minimum Gasteiger partial charge on any atom is -0.503 e. The van der Waals surface area contributed by atoms with E-state index in [0.29, 0.717) is 16.5 Å². The average Bonchev–Trinajstić information content (AvgIpc) is 3.52. The van der Waals surface area contributed by atoms with Crippen LogP contribution in [0.5, 0.6) is 0 Å². The predicted octanol–water partition coefficient (Wildman–Crippen LogP) is 4.58. The zero-order valence-electron chi connectivity index (χ0n) is 16.2. The van der Waals surface area contributed by atoms with Crippen LogP contribution in [0.2, 0.25) is 0 Å². The molecule has 0 bridgehead atoms. The summed E-state index contributed by atoms with van der Waals surface area (Å²) in [6.45, 7) is 0. The third-order valence-corrected chi connectivity index (χ3v) is 5.92. The molecule has 2 aromatic carbocycles. The minimum absolute atomic E-state index is 0.0338. The first kappa shape index (κ1) is 19.6. The molecule has 9 nitrogen and oxygen atoms in total. The molecule has 0 saturated carbocycles. The fraction of sp³-hybridized carbons (Fsp3) is 0.0455. The molecule has 1 aliphatic rings. The van der Waals surface area contributed by atoms with Crippen LogP contribution in [0.3, 0.4) is 0 Å². The van der Waals surface area contributed by atoms with Gasteiger partial charge in [-0.1, -0.05) is 18.2 Å². The number of aromatic nitrogens is 1. The molecule has 32 heavy (non-hydrogen) atoms. The van der Waals surface area contributed by atoms with Gasteiger partial charge in [-0.15, -0.1) is 11.3 Å². The van der Waals surface area contributed by atoms with Crippen LogP contribution < -0.4 is 4.90 Å². The second kappa shape index (κ2) is 7.43. The number of nitro groups is 1. The number of amides is 1. The summed E-state index contributed by atoms with van der Waals surface area (Å²) in [6, 6.07) is 13.0. The molecule has 5 rings (SSSR count). The number of non-ortho nitro benzene ring substituents is 1. The zero-order valence-corrected chi connectivity index (χ0v) is 17.0. The van der Waals surface area contributed by atoms with Gasteiger partial charge in [-0.05, 0) is 29.8 Å². The van der Waals surface area contributed by atoms with E-state index in [9.17, 15) is 24.8 Å². The Morgan fingerprint density at radius 2 is 1.94 bits per heavy atom. The Morgan fingerprint density at radius 3 is 2.59 bits per heavy atom. The Hall–Kier alpha value is -4.31. The van der Waals surface area contributed by atoms with Gasteiger partial charge in [0, 0.05) is 29.1 Å². The van der Waals surface area contributed by atoms with Gasteiger partial charge < -0.3 is 9.52 Å². The van der Waals surface area contributed by atoms with Gasteiger partial charge in [0.1, 0.15) is 5.58 Å². The van der Waals surface area contributed by atoms with Crippen LogP contribution in [0.25, 0.3) is 11.0 Å². The Kier molecular flexibility index (Phi) is 4.56. The van der Waals surface area contributed by atoms with Gasteiger partial charge in [0.15, 0.2) is 16.7 Å². The van der Waals surface area contributed by atoms with Crippen LogP contribution in [0, 0.1) is 10.1 Å². The highest BCUT2D eigenvalue weighted by atomic mass is 32.1. The number of fused-ring (bicyclic) bond motifs is 1. The number of anilines is 1. The number of furan rings is 1. The van der Waals surface area contributed by atoms with Crippen molar-refractivity contribution in [3.63, 3.8) is 0 Å². The van der Waals surface area contributed by atoms with E-state index in [1.807, 2.05) is 0 Å². The number of rotatable bonds is 5. The third-order valence-electron chi connectivity index (χ3n) is 5.15. The van der Waals surface area contributed by atoms with Gasteiger partial charge in [-0.25, -0.2) is 4.98 Å². The number of Topliss-reactive ketones (excluding diaryl/α,β-unsaturated/α-hetero) is 1. The zero-order chi connectivity index (χ0) is 22.4. The molecule has 0 radical (unpaired) electrons. The minimum atomic E-state index is -1.03. The average molecular weight is 447 g/mol. The Balaban J connectivity index is 1.65. The molecule has 1 aliphatic heterocycles.